The number of rotatable bonds is 5. The van der Waals surface area contributed by atoms with Crippen LogP contribution in [0.4, 0.5) is 0 Å². The summed E-state index contributed by atoms with van der Waals surface area (Å²) in [6.07, 6.45) is 2.39. The Labute approximate surface area is 187 Å². The molecule has 0 unspecified atom stereocenters. The third kappa shape index (κ3) is 3.94. The molecule has 6 heteroatoms. The van der Waals surface area contributed by atoms with Crippen LogP contribution in [0.1, 0.15) is 47.1 Å². The fourth-order valence-electron chi connectivity index (χ4n) is 4.30. The molecular weight excluding hydrogens is 400 g/mol. The van der Waals surface area contributed by atoms with E-state index in [0.29, 0.717) is 31.1 Å². The lowest BCUT2D eigenvalue weighted by atomic mass is 9.98. The van der Waals surface area contributed by atoms with Gasteiger partial charge in [-0.15, -0.1) is 0 Å². The smallest absolute Gasteiger partial charge is 0.270 e. The molecule has 1 aliphatic rings. The summed E-state index contributed by atoms with van der Waals surface area (Å²) in [7, 11) is 0. The Balaban J connectivity index is 1.56. The maximum Gasteiger partial charge on any atom is 0.270 e. The molecule has 0 spiro atoms. The number of amides is 1. The maximum atomic E-state index is 13.2. The van der Waals surface area contributed by atoms with Gasteiger partial charge in [-0.3, -0.25) is 4.79 Å². The summed E-state index contributed by atoms with van der Waals surface area (Å²) in [6, 6.07) is 16.7. The summed E-state index contributed by atoms with van der Waals surface area (Å²) < 4.78 is 5.84. The molecule has 6 nitrogen and oxygen atoms in total. The normalized spacial score (nSPS) is 14.4. The van der Waals surface area contributed by atoms with Gasteiger partial charge in [0.25, 0.3) is 5.91 Å². The van der Waals surface area contributed by atoms with Gasteiger partial charge in [0, 0.05) is 32.6 Å². The quantitative estimate of drug-likeness (QED) is 0.488. The third-order valence-corrected chi connectivity index (χ3v) is 6.12. The van der Waals surface area contributed by atoms with E-state index in [1.807, 2.05) is 11.0 Å². The highest BCUT2D eigenvalue weighted by Gasteiger charge is 2.24. The molecule has 1 fully saturated rings. The summed E-state index contributed by atoms with van der Waals surface area (Å²) in [5.74, 6) is 0.821. The molecule has 1 amide bonds. The molecule has 2 aromatic heterocycles. The lowest BCUT2D eigenvalue weighted by Gasteiger charge is -2.26. The van der Waals surface area contributed by atoms with Crippen LogP contribution < -0.4 is 5.32 Å². The van der Waals surface area contributed by atoms with Crippen LogP contribution >= 0.6 is 0 Å². The number of aromatic nitrogens is 2. The molecule has 0 saturated carbocycles. The lowest BCUT2D eigenvalue weighted by molar-refractivity contribution is 0.0730. The van der Waals surface area contributed by atoms with E-state index >= 15 is 0 Å². The number of H-pyrrole nitrogens is 1. The number of benzene rings is 2. The predicted octanol–water partition coefficient (Wildman–Crippen LogP) is 4.58. The second-order valence-corrected chi connectivity index (χ2v) is 8.67. The van der Waals surface area contributed by atoms with E-state index in [-0.39, 0.29) is 11.8 Å². The fraction of sp³-hybridized carbons (Fsp3) is 0.308. The first-order chi connectivity index (χ1) is 15.6. The van der Waals surface area contributed by atoms with E-state index in [1.165, 1.54) is 16.3 Å². The number of hydrogen-bond acceptors (Lipinski definition) is 4. The van der Waals surface area contributed by atoms with Gasteiger partial charge in [-0.2, -0.15) is 0 Å². The topological polar surface area (TPSA) is 74.2 Å². The minimum Gasteiger partial charge on any atom is -0.443 e. The number of nitrogens with zero attached hydrogens (tertiary/aromatic N) is 2. The summed E-state index contributed by atoms with van der Waals surface area (Å²) >= 11 is 0. The molecule has 164 valence electrons. The van der Waals surface area contributed by atoms with Crippen LogP contribution in [0.25, 0.3) is 22.4 Å². The highest BCUT2D eigenvalue weighted by Crippen LogP contribution is 2.30. The van der Waals surface area contributed by atoms with Crippen LogP contribution in [0.5, 0.6) is 0 Å². The van der Waals surface area contributed by atoms with Gasteiger partial charge < -0.3 is 19.6 Å². The first-order valence-electron chi connectivity index (χ1n) is 11.2. The standard InChI is InChI=1S/C26H28N4O2/c1-17(2)23-16-32-25(29-23)24-20(14-19-8-5-7-18-6-3-4-9-21(18)19)15-22(28-24)26(31)30-12-10-27-11-13-30/h3-9,15-17,27-28H,10-14H2,1-2H3. The maximum absolute atomic E-state index is 13.2. The van der Waals surface area contributed by atoms with Crippen LogP contribution in [0.2, 0.25) is 0 Å². The predicted molar refractivity (Wildman–Crippen MR) is 126 cm³/mol. The van der Waals surface area contributed by atoms with Crippen molar-refractivity contribution in [2.75, 3.05) is 26.2 Å². The molecular formula is C26H28N4O2. The Hall–Kier alpha value is -3.38. The van der Waals surface area contributed by atoms with E-state index in [0.717, 1.165) is 30.0 Å². The van der Waals surface area contributed by atoms with Crippen molar-refractivity contribution in [3.05, 3.63) is 77.3 Å². The Morgan fingerprint density at radius 3 is 2.66 bits per heavy atom. The molecule has 4 aromatic rings. The van der Waals surface area contributed by atoms with Gasteiger partial charge in [-0.05, 0) is 33.9 Å². The second kappa shape index (κ2) is 8.63. The Bertz CT molecular complexity index is 1240. The largest absolute Gasteiger partial charge is 0.443 e. The van der Waals surface area contributed by atoms with Gasteiger partial charge in [-0.25, -0.2) is 4.98 Å². The molecule has 1 saturated heterocycles. The summed E-state index contributed by atoms with van der Waals surface area (Å²) in [5.41, 5.74) is 4.49. The van der Waals surface area contributed by atoms with Crippen LogP contribution in [-0.2, 0) is 6.42 Å². The third-order valence-electron chi connectivity index (χ3n) is 6.12. The molecule has 1 aliphatic heterocycles. The van der Waals surface area contributed by atoms with Crippen LogP contribution in [0.15, 0.2) is 59.2 Å². The average Bonchev–Trinajstić information content (AvgIpc) is 3.47. The number of hydrogen-bond donors (Lipinski definition) is 2. The molecule has 0 aliphatic carbocycles. The minimum absolute atomic E-state index is 0.0209. The SMILES string of the molecule is CC(C)c1coc(-c2[nH]c(C(=O)N3CCNCC3)cc2Cc2cccc3ccccc23)n1. The molecule has 3 heterocycles. The van der Waals surface area contributed by atoms with Crippen molar-refractivity contribution in [2.24, 2.45) is 0 Å². The lowest BCUT2D eigenvalue weighted by Crippen LogP contribution is -2.46. The van der Waals surface area contributed by atoms with Crippen molar-refractivity contribution >= 4 is 16.7 Å². The highest BCUT2D eigenvalue weighted by molar-refractivity contribution is 5.94. The zero-order valence-electron chi connectivity index (χ0n) is 18.5. The van der Waals surface area contributed by atoms with Crippen molar-refractivity contribution in [2.45, 2.75) is 26.2 Å². The molecule has 2 N–H and O–H groups in total. The Morgan fingerprint density at radius 1 is 1.09 bits per heavy atom. The number of carbonyl (C=O) groups excluding carboxylic acids is 1. The van der Waals surface area contributed by atoms with E-state index in [2.05, 4.69) is 66.6 Å². The minimum atomic E-state index is 0.0209. The van der Waals surface area contributed by atoms with Crippen molar-refractivity contribution < 1.29 is 9.21 Å². The molecule has 0 atom stereocenters. The van der Waals surface area contributed by atoms with Gasteiger partial charge >= 0.3 is 0 Å². The van der Waals surface area contributed by atoms with Crippen molar-refractivity contribution in [3.63, 3.8) is 0 Å². The number of carbonyl (C=O) groups is 1. The first-order valence-corrected chi connectivity index (χ1v) is 11.2. The van der Waals surface area contributed by atoms with E-state index in [9.17, 15) is 4.79 Å². The number of fused-ring (bicyclic) bond motifs is 1. The molecule has 32 heavy (non-hydrogen) atoms. The zero-order valence-corrected chi connectivity index (χ0v) is 18.5. The average molecular weight is 429 g/mol. The second-order valence-electron chi connectivity index (χ2n) is 8.67. The number of aromatic amines is 1. The molecule has 2 aromatic carbocycles. The van der Waals surface area contributed by atoms with Crippen molar-refractivity contribution in [1.82, 2.24) is 20.2 Å². The van der Waals surface area contributed by atoms with E-state index in [1.54, 1.807) is 6.26 Å². The fourth-order valence-corrected chi connectivity index (χ4v) is 4.30. The number of nitrogens with one attached hydrogen (secondary N) is 2. The summed E-state index contributed by atoms with van der Waals surface area (Å²) in [6.45, 7) is 7.24. The van der Waals surface area contributed by atoms with Crippen LogP contribution in [0, 0.1) is 0 Å². The highest BCUT2D eigenvalue weighted by atomic mass is 16.3. The Morgan fingerprint density at radius 2 is 1.88 bits per heavy atom. The first kappa shape index (κ1) is 20.5. The summed E-state index contributed by atoms with van der Waals surface area (Å²) in [5, 5.41) is 5.72. The van der Waals surface area contributed by atoms with Gasteiger partial charge in [0.15, 0.2) is 0 Å². The van der Waals surface area contributed by atoms with Gasteiger partial charge in [0.1, 0.15) is 17.7 Å². The monoisotopic (exact) mass is 428 g/mol. The number of oxazole rings is 1. The molecule has 0 bridgehead atoms. The zero-order chi connectivity index (χ0) is 22.1. The van der Waals surface area contributed by atoms with Gasteiger partial charge in [-0.1, -0.05) is 56.3 Å². The van der Waals surface area contributed by atoms with Gasteiger partial charge in [0.05, 0.1) is 5.69 Å². The van der Waals surface area contributed by atoms with Crippen molar-refractivity contribution in [3.8, 4) is 11.6 Å². The van der Waals surface area contributed by atoms with Crippen LogP contribution in [0.3, 0.4) is 0 Å². The summed E-state index contributed by atoms with van der Waals surface area (Å²) in [4.78, 5) is 23.1. The molecule has 5 rings (SSSR count). The van der Waals surface area contributed by atoms with Crippen molar-refractivity contribution in [1.29, 1.82) is 0 Å². The van der Waals surface area contributed by atoms with Gasteiger partial charge in [0.2, 0.25) is 5.89 Å². The number of piperazine rings is 1. The molecule has 0 radical (unpaired) electrons. The van der Waals surface area contributed by atoms with E-state index in [4.69, 9.17) is 9.40 Å². The van der Waals surface area contributed by atoms with Crippen LogP contribution in [-0.4, -0.2) is 47.0 Å². The van der Waals surface area contributed by atoms with E-state index < -0.39 is 0 Å². The Kier molecular flexibility index (Phi) is 5.53.